The summed E-state index contributed by atoms with van der Waals surface area (Å²) in [5.74, 6) is 1.22. The van der Waals surface area contributed by atoms with E-state index in [2.05, 4.69) is 22.4 Å². The summed E-state index contributed by atoms with van der Waals surface area (Å²) >= 11 is 0. The Morgan fingerprint density at radius 3 is 2.89 bits per heavy atom. The maximum absolute atomic E-state index is 9.64. The van der Waals surface area contributed by atoms with Crippen LogP contribution in [0.25, 0.3) is 11.5 Å². The minimum absolute atomic E-state index is 0.233. The number of phenols is 1. The van der Waals surface area contributed by atoms with Crippen LogP contribution in [0.5, 0.6) is 5.75 Å². The van der Waals surface area contributed by atoms with Gasteiger partial charge in [-0.15, -0.1) is 10.2 Å². The molecule has 2 aromatic rings. The number of aromatic hydroxyl groups is 1. The summed E-state index contributed by atoms with van der Waals surface area (Å²) in [4.78, 5) is 0. The van der Waals surface area contributed by atoms with E-state index in [4.69, 9.17) is 4.42 Å². The molecule has 0 spiro atoms. The summed E-state index contributed by atoms with van der Waals surface area (Å²) < 4.78 is 5.52. The molecule has 0 bridgehead atoms. The molecule has 5 nitrogen and oxygen atoms in total. The molecule has 0 saturated carbocycles. The molecule has 2 N–H and O–H groups in total. The summed E-state index contributed by atoms with van der Waals surface area (Å²) in [6, 6.07) is 5.31. The highest BCUT2D eigenvalue weighted by Crippen LogP contribution is 2.24. The number of rotatable bonds is 5. The highest BCUT2D eigenvalue weighted by atomic mass is 16.4. The van der Waals surface area contributed by atoms with E-state index in [9.17, 15) is 5.11 Å². The first kappa shape index (κ1) is 12.6. The lowest BCUT2D eigenvalue weighted by Crippen LogP contribution is -2.13. The van der Waals surface area contributed by atoms with Crippen molar-refractivity contribution in [2.24, 2.45) is 0 Å². The third-order valence-electron chi connectivity index (χ3n) is 2.63. The van der Waals surface area contributed by atoms with Crippen molar-refractivity contribution in [1.82, 2.24) is 15.5 Å². The highest BCUT2D eigenvalue weighted by molar-refractivity contribution is 5.56. The van der Waals surface area contributed by atoms with Crippen LogP contribution in [-0.4, -0.2) is 21.8 Å². The van der Waals surface area contributed by atoms with E-state index < -0.39 is 0 Å². The van der Waals surface area contributed by atoms with Crippen LogP contribution in [0.4, 0.5) is 0 Å². The second kappa shape index (κ2) is 5.64. The van der Waals surface area contributed by atoms with Gasteiger partial charge in [0, 0.05) is 5.56 Å². The van der Waals surface area contributed by atoms with Gasteiger partial charge >= 0.3 is 0 Å². The Bertz CT molecular complexity index is 523. The zero-order valence-electron chi connectivity index (χ0n) is 10.6. The number of benzene rings is 1. The Morgan fingerprint density at radius 1 is 1.33 bits per heavy atom. The van der Waals surface area contributed by atoms with Gasteiger partial charge in [-0.2, -0.15) is 0 Å². The Balaban J connectivity index is 2.11. The molecule has 18 heavy (non-hydrogen) atoms. The number of hydrogen-bond acceptors (Lipinski definition) is 5. The molecule has 1 heterocycles. The van der Waals surface area contributed by atoms with Crippen LogP contribution in [-0.2, 0) is 6.54 Å². The normalized spacial score (nSPS) is 10.8. The van der Waals surface area contributed by atoms with Gasteiger partial charge in [0.1, 0.15) is 5.75 Å². The van der Waals surface area contributed by atoms with Crippen molar-refractivity contribution < 1.29 is 9.52 Å². The fraction of sp³-hybridized carbons (Fsp3) is 0.385. The summed E-state index contributed by atoms with van der Waals surface area (Å²) in [5.41, 5.74) is 1.55. The quantitative estimate of drug-likeness (QED) is 0.793. The molecular weight excluding hydrogens is 230 g/mol. The molecule has 0 aliphatic heterocycles. The van der Waals surface area contributed by atoms with Crippen LogP contribution in [0.2, 0.25) is 0 Å². The molecule has 1 aromatic heterocycles. The molecule has 0 atom stereocenters. The topological polar surface area (TPSA) is 71.2 Å². The van der Waals surface area contributed by atoms with Crippen molar-refractivity contribution in [2.45, 2.75) is 26.8 Å². The van der Waals surface area contributed by atoms with Gasteiger partial charge in [-0.1, -0.05) is 13.0 Å². The van der Waals surface area contributed by atoms with Crippen LogP contribution >= 0.6 is 0 Å². The highest BCUT2D eigenvalue weighted by Gasteiger charge is 2.09. The minimum atomic E-state index is 0.233. The van der Waals surface area contributed by atoms with E-state index in [1.54, 1.807) is 6.07 Å². The molecule has 0 aliphatic carbocycles. The average Bonchev–Trinajstić information content (AvgIpc) is 2.82. The SMILES string of the molecule is CCCNCc1nnc(-c2ccc(C)c(O)c2)o1. The number of nitrogens with zero attached hydrogens (tertiary/aromatic N) is 2. The van der Waals surface area contributed by atoms with Gasteiger partial charge in [-0.25, -0.2) is 0 Å². The van der Waals surface area contributed by atoms with E-state index in [0.29, 0.717) is 18.3 Å². The van der Waals surface area contributed by atoms with Crippen LogP contribution in [0.15, 0.2) is 22.6 Å². The monoisotopic (exact) mass is 247 g/mol. The van der Waals surface area contributed by atoms with Crippen molar-refractivity contribution in [3.63, 3.8) is 0 Å². The third kappa shape index (κ3) is 2.87. The van der Waals surface area contributed by atoms with Crippen molar-refractivity contribution in [2.75, 3.05) is 6.54 Å². The smallest absolute Gasteiger partial charge is 0.247 e. The Labute approximate surface area is 106 Å². The van der Waals surface area contributed by atoms with Crippen molar-refractivity contribution >= 4 is 0 Å². The molecular formula is C13H17N3O2. The first-order chi connectivity index (χ1) is 8.70. The number of hydrogen-bond donors (Lipinski definition) is 2. The third-order valence-corrected chi connectivity index (χ3v) is 2.63. The predicted molar refractivity (Wildman–Crippen MR) is 68.1 cm³/mol. The van der Waals surface area contributed by atoms with Crippen LogP contribution in [0.1, 0.15) is 24.8 Å². The van der Waals surface area contributed by atoms with Gasteiger partial charge < -0.3 is 14.8 Å². The molecule has 0 aliphatic rings. The first-order valence-electron chi connectivity index (χ1n) is 6.03. The summed E-state index contributed by atoms with van der Waals surface area (Å²) in [5, 5.41) is 20.8. The van der Waals surface area contributed by atoms with E-state index in [1.165, 1.54) is 0 Å². The molecule has 5 heteroatoms. The van der Waals surface area contributed by atoms with E-state index in [-0.39, 0.29) is 5.75 Å². The van der Waals surface area contributed by atoms with Crippen molar-refractivity contribution in [1.29, 1.82) is 0 Å². The van der Waals surface area contributed by atoms with Crippen LogP contribution in [0, 0.1) is 6.92 Å². The fourth-order valence-electron chi connectivity index (χ4n) is 1.56. The number of aromatic nitrogens is 2. The van der Waals surface area contributed by atoms with Crippen LogP contribution < -0.4 is 5.32 Å². The standard InChI is InChI=1S/C13H17N3O2/c1-3-6-14-8-12-15-16-13(18-12)10-5-4-9(2)11(17)7-10/h4-5,7,14,17H,3,6,8H2,1-2H3. The second-order valence-electron chi connectivity index (χ2n) is 4.18. The predicted octanol–water partition coefficient (Wildman–Crippen LogP) is 2.25. The lowest BCUT2D eigenvalue weighted by atomic mass is 10.1. The zero-order valence-corrected chi connectivity index (χ0v) is 10.6. The maximum Gasteiger partial charge on any atom is 0.247 e. The number of phenolic OH excluding ortho intramolecular Hbond substituents is 1. The van der Waals surface area contributed by atoms with Gasteiger partial charge in [0.2, 0.25) is 11.8 Å². The molecule has 0 fully saturated rings. The molecule has 0 radical (unpaired) electrons. The first-order valence-corrected chi connectivity index (χ1v) is 6.03. The molecule has 2 rings (SSSR count). The summed E-state index contributed by atoms with van der Waals surface area (Å²) in [6.45, 7) is 5.43. The minimum Gasteiger partial charge on any atom is -0.508 e. The average molecular weight is 247 g/mol. The number of aryl methyl sites for hydroxylation is 1. The Morgan fingerprint density at radius 2 is 2.17 bits per heavy atom. The van der Waals surface area contributed by atoms with E-state index in [1.807, 2.05) is 19.1 Å². The largest absolute Gasteiger partial charge is 0.508 e. The lowest BCUT2D eigenvalue weighted by molar-refractivity contribution is 0.467. The lowest BCUT2D eigenvalue weighted by Gasteiger charge is -2.00. The zero-order chi connectivity index (χ0) is 13.0. The molecule has 96 valence electrons. The van der Waals surface area contributed by atoms with Crippen molar-refractivity contribution in [3.05, 3.63) is 29.7 Å². The second-order valence-corrected chi connectivity index (χ2v) is 4.18. The van der Waals surface area contributed by atoms with Gasteiger partial charge in [0.05, 0.1) is 6.54 Å². The Kier molecular flexibility index (Phi) is 3.94. The van der Waals surface area contributed by atoms with Gasteiger partial charge in [0.25, 0.3) is 0 Å². The summed E-state index contributed by atoms with van der Waals surface area (Å²) in [6.07, 6.45) is 1.06. The van der Waals surface area contributed by atoms with Gasteiger partial charge in [-0.05, 0) is 37.6 Å². The Hall–Kier alpha value is -1.88. The van der Waals surface area contributed by atoms with E-state index in [0.717, 1.165) is 24.1 Å². The maximum atomic E-state index is 9.64. The molecule has 0 amide bonds. The van der Waals surface area contributed by atoms with Gasteiger partial charge in [0.15, 0.2) is 0 Å². The van der Waals surface area contributed by atoms with E-state index >= 15 is 0 Å². The van der Waals surface area contributed by atoms with Crippen LogP contribution in [0.3, 0.4) is 0 Å². The van der Waals surface area contributed by atoms with Crippen molar-refractivity contribution in [3.8, 4) is 17.2 Å². The molecule has 1 aromatic carbocycles. The fourth-order valence-corrected chi connectivity index (χ4v) is 1.56. The summed E-state index contributed by atoms with van der Waals surface area (Å²) in [7, 11) is 0. The number of nitrogens with one attached hydrogen (secondary N) is 1. The molecule has 0 unspecified atom stereocenters. The molecule has 0 saturated heterocycles. The van der Waals surface area contributed by atoms with Gasteiger partial charge in [-0.3, -0.25) is 0 Å².